The Balaban J connectivity index is 0. The molecule has 0 aliphatic heterocycles. The predicted octanol–water partition coefficient (Wildman–Crippen LogP) is -0.723. The van der Waals surface area contributed by atoms with Gasteiger partial charge in [0.2, 0.25) is 0 Å². The van der Waals surface area contributed by atoms with Crippen LogP contribution in [-0.4, -0.2) is 8.80 Å². The lowest BCUT2D eigenvalue weighted by molar-refractivity contribution is -0.00000200. The number of rotatable bonds is 0. The first-order chi connectivity index (χ1) is 2.94. The van der Waals surface area contributed by atoms with E-state index in [9.17, 15) is 0 Å². The molecule has 0 fully saturated rings. The average molecular weight is 152 g/mol. The molecule has 0 atom stereocenters. The molecule has 0 heterocycles. The zero-order valence-corrected chi connectivity index (χ0v) is 8.37. The van der Waals surface area contributed by atoms with Gasteiger partial charge in [-0.2, -0.15) is 0 Å². The fourth-order valence-corrected chi connectivity index (χ4v) is 0. The molecule has 2 heteroatoms. The Morgan fingerprint density at radius 3 is 1.12 bits per heavy atom. The summed E-state index contributed by atoms with van der Waals surface area (Å²) in [6.45, 7) is 11.7. The highest BCUT2D eigenvalue weighted by Gasteiger charge is 2.15. The second-order valence-electron chi connectivity index (χ2n) is 3.52. The lowest BCUT2D eigenvalue weighted by atomic mass is 10.2. The zero-order valence-electron chi connectivity index (χ0n) is 6.46. The van der Waals surface area contributed by atoms with Gasteiger partial charge in [0.05, 0.1) is 0 Å². The highest BCUT2D eigenvalue weighted by atomic mass is 35.5. The summed E-state index contributed by atoms with van der Waals surface area (Å²) in [7, 11) is -0.359. The number of hydrogen-bond donors (Lipinski definition) is 0. The third kappa shape index (κ3) is 4.66. The molecular weight excluding hydrogens is 136 g/mol. The summed E-state index contributed by atoms with van der Waals surface area (Å²) in [4.78, 5) is 0. The van der Waals surface area contributed by atoms with E-state index in [2.05, 4.69) is 33.9 Å². The van der Waals surface area contributed by atoms with Crippen LogP contribution in [0.15, 0.2) is 0 Å². The van der Waals surface area contributed by atoms with Gasteiger partial charge in [0.1, 0.15) is 0 Å². The van der Waals surface area contributed by atoms with E-state index in [1.54, 1.807) is 0 Å². The van der Waals surface area contributed by atoms with E-state index < -0.39 is 0 Å². The van der Waals surface area contributed by atoms with Crippen molar-refractivity contribution in [3.05, 3.63) is 0 Å². The Kier molecular flexibility index (Phi) is 4.98. The maximum atomic E-state index is 2.39. The molecule has 0 bridgehead atoms. The maximum absolute atomic E-state index is 2.39. The van der Waals surface area contributed by atoms with Gasteiger partial charge in [-0.25, -0.2) is 0 Å². The van der Waals surface area contributed by atoms with Crippen LogP contribution < -0.4 is 12.4 Å². The molecule has 0 aliphatic rings. The summed E-state index contributed by atoms with van der Waals surface area (Å²) in [5.74, 6) is 0. The van der Waals surface area contributed by atoms with E-state index in [-0.39, 0.29) is 21.2 Å². The predicted molar refractivity (Wildman–Crippen MR) is 38.6 cm³/mol. The smallest absolute Gasteiger partial charge is 0.0361 e. The molecule has 8 heavy (non-hydrogen) atoms. The Labute approximate surface area is 60.7 Å². The van der Waals surface area contributed by atoms with Gasteiger partial charge in [0.25, 0.3) is 0 Å². The molecule has 0 saturated carbocycles. The Hall–Kier alpha value is 0.507. The Morgan fingerprint density at radius 2 is 1.12 bits per heavy atom. The van der Waals surface area contributed by atoms with E-state index in [1.165, 1.54) is 0 Å². The van der Waals surface area contributed by atoms with Crippen molar-refractivity contribution < 1.29 is 12.4 Å². The molecule has 0 spiro atoms. The van der Waals surface area contributed by atoms with Crippen molar-refractivity contribution >= 4 is 8.80 Å². The molecule has 0 aromatic carbocycles. The molecule has 0 radical (unpaired) electrons. The third-order valence-corrected chi connectivity index (χ3v) is 5.20. The number of halogens is 1. The van der Waals surface area contributed by atoms with Crippen molar-refractivity contribution in [2.24, 2.45) is 0 Å². The van der Waals surface area contributed by atoms with Crippen LogP contribution in [-0.2, 0) is 0 Å². The first-order valence-electron chi connectivity index (χ1n) is 2.94. The quantitative estimate of drug-likeness (QED) is 0.401. The largest absolute Gasteiger partial charge is 1.00 e. The van der Waals surface area contributed by atoms with Crippen LogP contribution in [0, 0.1) is 0 Å². The minimum Gasteiger partial charge on any atom is -1.00 e. The van der Waals surface area contributed by atoms with Crippen molar-refractivity contribution in [3.63, 3.8) is 0 Å². The summed E-state index contributed by atoms with van der Waals surface area (Å²) >= 11 is 0. The zero-order chi connectivity index (χ0) is 6.08. The second kappa shape index (κ2) is 3.52. The highest BCUT2D eigenvalue weighted by molar-refractivity contribution is 6.59. The molecule has 0 aromatic heterocycles. The lowest BCUT2D eigenvalue weighted by Crippen LogP contribution is -3.00. The summed E-state index contributed by atoms with van der Waals surface area (Å²) < 4.78 is 0. The fraction of sp³-hybridized carbons (Fsp3) is 1.00. The molecular formula is C6H16ClSi-. The van der Waals surface area contributed by atoms with E-state index >= 15 is 0 Å². The van der Waals surface area contributed by atoms with Gasteiger partial charge >= 0.3 is 0 Å². The van der Waals surface area contributed by atoms with Gasteiger partial charge in [0.15, 0.2) is 0 Å². The van der Waals surface area contributed by atoms with Gasteiger partial charge < -0.3 is 12.4 Å². The maximum Gasteiger partial charge on any atom is 0.0361 e. The van der Waals surface area contributed by atoms with Crippen molar-refractivity contribution in [2.45, 2.75) is 38.9 Å². The van der Waals surface area contributed by atoms with Crippen LogP contribution in [0.5, 0.6) is 0 Å². The molecule has 0 nitrogen and oxygen atoms in total. The summed E-state index contributed by atoms with van der Waals surface area (Å²) in [6.07, 6.45) is 0. The summed E-state index contributed by atoms with van der Waals surface area (Å²) in [6, 6.07) is 0. The number of hydrogen-bond acceptors (Lipinski definition) is 0. The molecule has 0 unspecified atom stereocenters. The Morgan fingerprint density at radius 1 is 1.00 bits per heavy atom. The normalized spacial score (nSPS) is 11.2. The van der Waals surface area contributed by atoms with Crippen molar-refractivity contribution in [1.82, 2.24) is 0 Å². The van der Waals surface area contributed by atoms with Gasteiger partial charge in [-0.05, 0) is 5.04 Å². The molecule has 0 rings (SSSR count). The van der Waals surface area contributed by atoms with Gasteiger partial charge in [-0.1, -0.05) is 33.9 Å². The molecule has 0 aromatic rings. The molecule has 0 saturated heterocycles. The highest BCUT2D eigenvalue weighted by Crippen LogP contribution is 2.25. The first kappa shape index (κ1) is 11.3. The molecule has 0 N–H and O–H groups in total. The van der Waals surface area contributed by atoms with Crippen LogP contribution in [0.3, 0.4) is 0 Å². The van der Waals surface area contributed by atoms with Gasteiger partial charge in [-0.3, -0.25) is 0 Å². The second-order valence-corrected chi connectivity index (χ2v) is 7.56. The van der Waals surface area contributed by atoms with Crippen molar-refractivity contribution in [2.75, 3.05) is 0 Å². The fourth-order valence-electron chi connectivity index (χ4n) is 0. The van der Waals surface area contributed by atoms with Gasteiger partial charge in [-0.15, -0.1) is 0 Å². The average Bonchev–Trinajstić information content (AvgIpc) is 1.31. The topological polar surface area (TPSA) is 0 Å². The van der Waals surface area contributed by atoms with Crippen molar-refractivity contribution in [1.29, 1.82) is 0 Å². The molecule has 0 amide bonds. The standard InChI is InChI=1S/C6H16Si.ClH/c1-6(2,3)7(4)5;/h7H,1-5H3;1H/p-1. The summed E-state index contributed by atoms with van der Waals surface area (Å²) in [5, 5.41) is 0.639. The molecule has 0 aliphatic carbocycles. The monoisotopic (exact) mass is 151 g/mol. The first-order valence-corrected chi connectivity index (χ1v) is 5.83. The van der Waals surface area contributed by atoms with Crippen LogP contribution in [0.2, 0.25) is 18.1 Å². The van der Waals surface area contributed by atoms with E-state index in [0.29, 0.717) is 5.04 Å². The van der Waals surface area contributed by atoms with Gasteiger partial charge in [0, 0.05) is 8.80 Å². The minimum absolute atomic E-state index is 0. The molecule has 52 valence electrons. The van der Waals surface area contributed by atoms with Crippen LogP contribution in [0.1, 0.15) is 20.8 Å². The minimum atomic E-state index is -0.359. The SMILES string of the molecule is C[SiH](C)C(C)(C)C.[Cl-]. The third-order valence-electron chi connectivity index (χ3n) is 1.73. The van der Waals surface area contributed by atoms with E-state index in [4.69, 9.17) is 0 Å². The van der Waals surface area contributed by atoms with E-state index in [0.717, 1.165) is 0 Å². The van der Waals surface area contributed by atoms with Crippen molar-refractivity contribution in [3.8, 4) is 0 Å². The van der Waals surface area contributed by atoms with Crippen LogP contribution in [0.25, 0.3) is 0 Å². The lowest BCUT2D eigenvalue weighted by Gasteiger charge is -2.21. The van der Waals surface area contributed by atoms with Crippen LogP contribution >= 0.6 is 0 Å². The van der Waals surface area contributed by atoms with Crippen LogP contribution in [0.4, 0.5) is 0 Å². The Bertz CT molecular complexity index is 54.0. The van der Waals surface area contributed by atoms with E-state index in [1.807, 2.05) is 0 Å². The summed E-state index contributed by atoms with van der Waals surface area (Å²) in [5.41, 5.74) is 0.